The van der Waals surface area contributed by atoms with Crippen LogP contribution in [0, 0.1) is 5.92 Å². The first-order chi connectivity index (χ1) is 7.08. The van der Waals surface area contributed by atoms with E-state index in [0.717, 1.165) is 15.6 Å². The maximum absolute atomic E-state index is 11.6. The molecule has 1 aliphatic rings. The van der Waals surface area contributed by atoms with Crippen molar-refractivity contribution < 1.29 is 4.79 Å². The summed E-state index contributed by atoms with van der Waals surface area (Å²) < 4.78 is 0.745. The highest BCUT2D eigenvalue weighted by Crippen LogP contribution is 2.30. The predicted octanol–water partition coefficient (Wildman–Crippen LogP) is 1.93. The van der Waals surface area contributed by atoms with Crippen molar-refractivity contribution in [3.05, 3.63) is 21.3 Å². The van der Waals surface area contributed by atoms with Crippen molar-refractivity contribution in [2.24, 2.45) is 11.7 Å². The second kappa shape index (κ2) is 4.12. The third-order valence-electron chi connectivity index (χ3n) is 2.56. The number of hydrogen-bond donors (Lipinski definition) is 2. The topological polar surface area (TPSA) is 55.1 Å². The third kappa shape index (κ3) is 2.51. The van der Waals surface area contributed by atoms with E-state index in [1.54, 1.807) is 0 Å². The van der Waals surface area contributed by atoms with Gasteiger partial charge in [0.2, 0.25) is 5.91 Å². The third-order valence-corrected chi connectivity index (χ3v) is 3.97. The van der Waals surface area contributed by atoms with E-state index in [1.807, 2.05) is 19.1 Å². The number of carbonyl (C=O) groups excluding carboxylic acids is 1. The molecule has 0 bridgehead atoms. The molecule has 1 fully saturated rings. The second-order valence-electron chi connectivity index (χ2n) is 3.88. The van der Waals surface area contributed by atoms with Gasteiger partial charge in [0.1, 0.15) is 0 Å². The van der Waals surface area contributed by atoms with Crippen molar-refractivity contribution in [3.63, 3.8) is 0 Å². The lowest BCUT2D eigenvalue weighted by molar-refractivity contribution is -0.123. The van der Waals surface area contributed by atoms with Crippen LogP contribution in [0.1, 0.15) is 24.3 Å². The molecule has 82 valence electrons. The quantitative estimate of drug-likeness (QED) is 0.854. The Balaban J connectivity index is 1.92. The van der Waals surface area contributed by atoms with Crippen LogP contribution in [0.2, 0.25) is 4.34 Å². The van der Waals surface area contributed by atoms with Gasteiger partial charge in [-0.25, -0.2) is 0 Å². The summed E-state index contributed by atoms with van der Waals surface area (Å²) in [4.78, 5) is 12.7. The van der Waals surface area contributed by atoms with Crippen LogP contribution >= 0.6 is 22.9 Å². The molecule has 3 nitrogen and oxygen atoms in total. The highest BCUT2D eigenvalue weighted by atomic mass is 35.5. The largest absolute Gasteiger partial charge is 0.348 e. The van der Waals surface area contributed by atoms with E-state index in [1.165, 1.54) is 11.3 Å². The van der Waals surface area contributed by atoms with Crippen LogP contribution in [0.3, 0.4) is 0 Å². The summed E-state index contributed by atoms with van der Waals surface area (Å²) in [5, 5.41) is 2.93. The highest BCUT2D eigenvalue weighted by Gasteiger charge is 2.40. The zero-order valence-electron chi connectivity index (χ0n) is 8.37. The summed E-state index contributed by atoms with van der Waals surface area (Å²) in [6, 6.07) is 3.85. The van der Waals surface area contributed by atoms with Crippen molar-refractivity contribution >= 4 is 28.8 Å². The first-order valence-electron chi connectivity index (χ1n) is 4.89. The summed E-state index contributed by atoms with van der Waals surface area (Å²) in [7, 11) is 0. The molecule has 1 aliphatic carbocycles. The lowest BCUT2D eigenvalue weighted by Gasteiger charge is -2.11. The average Bonchev–Trinajstić information content (AvgIpc) is 2.73. The normalized spacial score (nSPS) is 26.1. The van der Waals surface area contributed by atoms with Gasteiger partial charge >= 0.3 is 0 Å². The molecule has 0 aliphatic heterocycles. The molecule has 15 heavy (non-hydrogen) atoms. The fourth-order valence-corrected chi connectivity index (χ4v) is 2.53. The number of thiophene rings is 1. The van der Waals surface area contributed by atoms with Crippen LogP contribution < -0.4 is 11.1 Å². The molecule has 5 heteroatoms. The Morgan fingerprint density at radius 2 is 2.40 bits per heavy atom. The Kier molecular flexibility index (Phi) is 3.00. The van der Waals surface area contributed by atoms with Crippen molar-refractivity contribution in [1.82, 2.24) is 5.32 Å². The number of nitrogens with one attached hydrogen (secondary N) is 1. The first-order valence-corrected chi connectivity index (χ1v) is 6.08. The lowest BCUT2D eigenvalue weighted by atomic mass is 10.2. The van der Waals surface area contributed by atoms with E-state index in [9.17, 15) is 4.79 Å². The molecule has 1 heterocycles. The minimum Gasteiger partial charge on any atom is -0.348 e. The fourth-order valence-electron chi connectivity index (χ4n) is 1.47. The number of nitrogens with two attached hydrogens (primary N) is 1. The van der Waals surface area contributed by atoms with E-state index in [2.05, 4.69) is 5.32 Å². The molecule has 1 aromatic rings. The van der Waals surface area contributed by atoms with Crippen molar-refractivity contribution in [3.8, 4) is 0 Å². The van der Waals surface area contributed by atoms with Gasteiger partial charge in [-0.1, -0.05) is 11.6 Å². The van der Waals surface area contributed by atoms with Gasteiger partial charge in [0.15, 0.2) is 0 Å². The van der Waals surface area contributed by atoms with E-state index < -0.39 is 0 Å². The van der Waals surface area contributed by atoms with Gasteiger partial charge in [-0.2, -0.15) is 0 Å². The summed E-state index contributed by atoms with van der Waals surface area (Å²) in [6.45, 7) is 1.95. The molecule has 0 saturated heterocycles. The van der Waals surface area contributed by atoms with Crippen LogP contribution in [-0.4, -0.2) is 11.9 Å². The number of rotatable bonds is 3. The number of halogens is 1. The Morgan fingerprint density at radius 3 is 2.87 bits per heavy atom. The number of amides is 1. The minimum atomic E-state index is 0.0165. The van der Waals surface area contributed by atoms with Gasteiger partial charge < -0.3 is 11.1 Å². The molecule has 1 aromatic heterocycles. The van der Waals surface area contributed by atoms with Gasteiger partial charge in [-0.15, -0.1) is 11.3 Å². The smallest absolute Gasteiger partial charge is 0.225 e. The molecule has 1 saturated carbocycles. The summed E-state index contributed by atoms with van der Waals surface area (Å²) in [6.07, 6.45) is 0.809. The van der Waals surface area contributed by atoms with Gasteiger partial charge in [0.05, 0.1) is 16.3 Å². The van der Waals surface area contributed by atoms with Crippen molar-refractivity contribution in [1.29, 1.82) is 0 Å². The van der Waals surface area contributed by atoms with E-state index in [0.29, 0.717) is 0 Å². The van der Waals surface area contributed by atoms with Crippen LogP contribution in [0.25, 0.3) is 0 Å². The molecule has 3 atom stereocenters. The molecule has 1 amide bonds. The van der Waals surface area contributed by atoms with Crippen LogP contribution in [0.4, 0.5) is 0 Å². The first kappa shape index (κ1) is 10.9. The maximum Gasteiger partial charge on any atom is 0.225 e. The summed E-state index contributed by atoms with van der Waals surface area (Å²) >= 11 is 7.32. The predicted molar refractivity (Wildman–Crippen MR) is 62.0 cm³/mol. The maximum atomic E-state index is 11.6. The molecule has 0 aromatic carbocycles. The van der Waals surface area contributed by atoms with E-state index in [4.69, 9.17) is 17.3 Å². The molecule has 3 N–H and O–H groups in total. The Morgan fingerprint density at radius 1 is 1.73 bits per heavy atom. The average molecular weight is 245 g/mol. The Bertz CT molecular complexity index is 379. The Labute approximate surface area is 97.6 Å². The summed E-state index contributed by atoms with van der Waals surface area (Å²) in [5.41, 5.74) is 5.61. The fraction of sp³-hybridized carbons (Fsp3) is 0.500. The SMILES string of the molecule is CC(NC(=O)C1CC1N)c1ccc(Cl)s1. The summed E-state index contributed by atoms with van der Waals surface area (Å²) in [5.74, 6) is 0.0717. The van der Waals surface area contributed by atoms with Crippen molar-refractivity contribution in [2.45, 2.75) is 25.4 Å². The van der Waals surface area contributed by atoms with Gasteiger partial charge in [-0.05, 0) is 25.5 Å². The van der Waals surface area contributed by atoms with Gasteiger partial charge in [0.25, 0.3) is 0 Å². The minimum absolute atomic E-state index is 0.0165. The van der Waals surface area contributed by atoms with E-state index in [-0.39, 0.29) is 23.9 Å². The molecular weight excluding hydrogens is 232 g/mol. The molecule has 0 spiro atoms. The second-order valence-corrected chi connectivity index (χ2v) is 5.62. The Hall–Kier alpha value is -0.580. The zero-order chi connectivity index (χ0) is 11.0. The van der Waals surface area contributed by atoms with Gasteiger partial charge in [0, 0.05) is 10.9 Å². The zero-order valence-corrected chi connectivity index (χ0v) is 9.94. The molecular formula is C10H13ClN2OS. The highest BCUT2D eigenvalue weighted by molar-refractivity contribution is 7.16. The monoisotopic (exact) mass is 244 g/mol. The van der Waals surface area contributed by atoms with Crippen LogP contribution in [0.5, 0.6) is 0 Å². The van der Waals surface area contributed by atoms with Crippen molar-refractivity contribution in [2.75, 3.05) is 0 Å². The lowest BCUT2D eigenvalue weighted by Crippen LogP contribution is -2.29. The molecule has 2 rings (SSSR count). The standard InChI is InChI=1S/C10H13ClN2OS/c1-5(8-2-3-9(11)15-8)13-10(14)6-4-7(6)12/h2-3,5-7H,4,12H2,1H3,(H,13,14). The van der Waals surface area contributed by atoms with Gasteiger partial charge in [-0.3, -0.25) is 4.79 Å². The van der Waals surface area contributed by atoms with E-state index >= 15 is 0 Å². The number of carbonyl (C=O) groups is 1. The molecule has 3 unspecified atom stereocenters. The number of hydrogen-bond acceptors (Lipinski definition) is 3. The van der Waals surface area contributed by atoms with Crippen LogP contribution in [-0.2, 0) is 4.79 Å². The van der Waals surface area contributed by atoms with Crippen LogP contribution in [0.15, 0.2) is 12.1 Å². The molecule has 0 radical (unpaired) electrons.